The number of aliphatic hydroxyl groups is 1. The molecule has 0 saturated carbocycles. The highest BCUT2D eigenvalue weighted by Gasteiger charge is 2.35. The first kappa shape index (κ1) is 33.0. The van der Waals surface area contributed by atoms with Crippen LogP contribution in [0, 0.1) is 11.7 Å². The van der Waals surface area contributed by atoms with Crippen molar-refractivity contribution in [3.8, 4) is 11.3 Å². The minimum absolute atomic E-state index is 0.0126. The monoisotopic (exact) mass is 651 g/mol. The van der Waals surface area contributed by atoms with E-state index in [9.17, 15) is 35.9 Å². The van der Waals surface area contributed by atoms with Gasteiger partial charge in [-0.05, 0) is 73.8 Å². The lowest BCUT2D eigenvalue weighted by Crippen LogP contribution is -2.40. The van der Waals surface area contributed by atoms with E-state index >= 15 is 0 Å². The summed E-state index contributed by atoms with van der Waals surface area (Å²) in [6.45, 7) is 4.30. The van der Waals surface area contributed by atoms with Crippen LogP contribution in [0.1, 0.15) is 52.5 Å². The number of fused-ring (bicyclic) bond motifs is 1. The number of carbonyl (C=O) groups excluding carboxylic acids is 1. The number of rotatable bonds is 9. The van der Waals surface area contributed by atoms with Crippen LogP contribution in [-0.4, -0.2) is 77.0 Å². The average molecular weight is 652 g/mol. The predicted octanol–water partition coefficient (Wildman–Crippen LogP) is 4.05. The molecule has 1 fully saturated rings. The third kappa shape index (κ3) is 7.91. The molecule has 0 bridgehead atoms. The molecule has 1 saturated heterocycles. The van der Waals surface area contributed by atoms with E-state index in [-0.39, 0.29) is 30.8 Å². The number of aromatic nitrogens is 2. The van der Waals surface area contributed by atoms with Crippen LogP contribution in [0.5, 0.6) is 0 Å². The Kier molecular flexibility index (Phi) is 9.68. The number of aliphatic hydroxyl groups excluding tert-OH is 1. The molecule has 2 aliphatic heterocycles. The summed E-state index contributed by atoms with van der Waals surface area (Å²) in [7, 11) is -3.57. The van der Waals surface area contributed by atoms with E-state index in [1.165, 1.54) is 28.6 Å². The molecule has 2 N–H and O–H groups in total. The van der Waals surface area contributed by atoms with Gasteiger partial charge in [0.15, 0.2) is 0 Å². The zero-order valence-corrected chi connectivity index (χ0v) is 26.0. The molecular weight excluding hydrogens is 614 g/mol. The summed E-state index contributed by atoms with van der Waals surface area (Å²) in [4.78, 5) is 14.8. The lowest BCUT2D eigenvalue weighted by Gasteiger charge is -2.32. The van der Waals surface area contributed by atoms with Crippen LogP contribution in [0.2, 0.25) is 0 Å². The molecular formula is C31H37F4N5O4S. The Labute approximate surface area is 259 Å². The Bertz CT molecular complexity index is 1630. The first-order chi connectivity index (χ1) is 21.2. The number of hydrogen-bond donors (Lipinski definition) is 2. The number of β-amino-alcohol motifs (C(OH)–C–C–N with tert-alkyl or cyclic N) is 1. The Morgan fingerprint density at radius 2 is 1.78 bits per heavy atom. The van der Waals surface area contributed by atoms with Crippen LogP contribution in [-0.2, 0) is 42.3 Å². The summed E-state index contributed by atoms with van der Waals surface area (Å²) < 4.78 is 83.1. The second kappa shape index (κ2) is 13.2. The van der Waals surface area contributed by atoms with Gasteiger partial charge in [-0.2, -0.15) is 22.6 Å². The van der Waals surface area contributed by atoms with Crippen molar-refractivity contribution in [2.45, 2.75) is 58.1 Å². The molecule has 0 aliphatic carbocycles. The molecule has 1 unspecified atom stereocenters. The minimum Gasteiger partial charge on any atom is -0.390 e. The molecule has 45 heavy (non-hydrogen) atoms. The van der Waals surface area contributed by atoms with E-state index in [4.69, 9.17) is 5.10 Å². The van der Waals surface area contributed by atoms with E-state index in [1.54, 1.807) is 4.68 Å². The van der Waals surface area contributed by atoms with Crippen LogP contribution < -0.4 is 5.32 Å². The second-order valence-electron chi connectivity index (χ2n) is 12.0. The highest BCUT2D eigenvalue weighted by atomic mass is 32.2. The number of alkyl halides is 3. The SMILES string of the molecule is CC1CCN(CC(O)Cn2nc(-c3ccc(C(F)(F)F)c(CNC(=O)c4ccc(F)cc4)c3)c3c2CCN(S(C)(=O)=O)C3)CC1. The Hall–Kier alpha value is -3.33. The number of nitrogens with one attached hydrogen (secondary N) is 1. The molecule has 3 aromatic rings. The van der Waals surface area contributed by atoms with Crippen molar-refractivity contribution in [3.63, 3.8) is 0 Å². The summed E-state index contributed by atoms with van der Waals surface area (Å²) in [6, 6.07) is 8.14. The molecule has 1 aromatic heterocycles. The molecule has 14 heteroatoms. The largest absolute Gasteiger partial charge is 0.416 e. The zero-order valence-electron chi connectivity index (χ0n) is 25.1. The van der Waals surface area contributed by atoms with E-state index in [1.807, 2.05) is 0 Å². The van der Waals surface area contributed by atoms with Crippen molar-refractivity contribution in [2.75, 3.05) is 32.4 Å². The number of nitrogens with zero attached hydrogens (tertiary/aromatic N) is 4. The van der Waals surface area contributed by atoms with Gasteiger partial charge in [0.2, 0.25) is 10.0 Å². The van der Waals surface area contributed by atoms with Gasteiger partial charge in [0.05, 0.1) is 30.2 Å². The van der Waals surface area contributed by atoms with E-state index < -0.39 is 46.1 Å². The van der Waals surface area contributed by atoms with Gasteiger partial charge in [0.1, 0.15) is 5.82 Å². The molecule has 9 nitrogen and oxygen atoms in total. The number of piperidine rings is 1. The normalized spacial score (nSPS) is 17.7. The number of hydrogen-bond acceptors (Lipinski definition) is 6. The van der Waals surface area contributed by atoms with Gasteiger partial charge < -0.3 is 15.3 Å². The fourth-order valence-electron chi connectivity index (χ4n) is 5.97. The van der Waals surface area contributed by atoms with Crippen molar-refractivity contribution in [2.24, 2.45) is 5.92 Å². The Balaban J connectivity index is 1.46. The molecule has 2 aromatic carbocycles. The van der Waals surface area contributed by atoms with Gasteiger partial charge in [0.25, 0.3) is 5.91 Å². The van der Waals surface area contributed by atoms with Crippen molar-refractivity contribution in [1.29, 1.82) is 0 Å². The first-order valence-electron chi connectivity index (χ1n) is 14.9. The summed E-state index contributed by atoms with van der Waals surface area (Å²) in [5.74, 6) is -0.581. The number of halogens is 4. The fourth-order valence-corrected chi connectivity index (χ4v) is 6.76. The van der Waals surface area contributed by atoms with Gasteiger partial charge in [-0.15, -0.1) is 0 Å². The lowest BCUT2D eigenvalue weighted by atomic mass is 9.97. The van der Waals surface area contributed by atoms with Crippen molar-refractivity contribution in [3.05, 3.63) is 76.2 Å². The molecule has 1 amide bonds. The van der Waals surface area contributed by atoms with E-state index in [0.717, 1.165) is 56.1 Å². The average Bonchev–Trinajstić information content (AvgIpc) is 3.33. The van der Waals surface area contributed by atoms with Gasteiger partial charge in [0, 0.05) is 55.0 Å². The first-order valence-corrected chi connectivity index (χ1v) is 16.7. The molecule has 0 radical (unpaired) electrons. The Morgan fingerprint density at radius 1 is 1.09 bits per heavy atom. The van der Waals surface area contributed by atoms with Gasteiger partial charge in [-0.25, -0.2) is 12.8 Å². The number of amides is 1. The maximum atomic E-state index is 14.0. The maximum absolute atomic E-state index is 14.0. The van der Waals surface area contributed by atoms with Gasteiger partial charge in [-0.3, -0.25) is 9.48 Å². The van der Waals surface area contributed by atoms with Crippen molar-refractivity contribution in [1.82, 2.24) is 24.3 Å². The van der Waals surface area contributed by atoms with Crippen LogP contribution in [0.4, 0.5) is 17.6 Å². The summed E-state index contributed by atoms with van der Waals surface area (Å²) in [6.07, 6.45) is -1.94. The number of benzene rings is 2. The fraction of sp³-hybridized carbons (Fsp3) is 0.484. The predicted molar refractivity (Wildman–Crippen MR) is 160 cm³/mol. The number of carbonyl (C=O) groups is 1. The molecule has 1 atom stereocenters. The van der Waals surface area contributed by atoms with Crippen molar-refractivity contribution >= 4 is 15.9 Å². The summed E-state index contributed by atoms with van der Waals surface area (Å²) in [5, 5.41) is 18.2. The van der Waals surface area contributed by atoms with Crippen LogP contribution in [0.3, 0.4) is 0 Å². The second-order valence-corrected chi connectivity index (χ2v) is 14.0. The number of sulfonamides is 1. The Morgan fingerprint density at radius 3 is 2.42 bits per heavy atom. The maximum Gasteiger partial charge on any atom is 0.416 e. The number of likely N-dealkylation sites (tertiary alicyclic amines) is 1. The topological polar surface area (TPSA) is 108 Å². The van der Waals surface area contributed by atoms with Crippen molar-refractivity contribution < 1.29 is 35.9 Å². The zero-order chi connectivity index (χ0) is 32.5. The molecule has 244 valence electrons. The van der Waals surface area contributed by atoms with Gasteiger partial charge >= 0.3 is 6.18 Å². The highest BCUT2D eigenvalue weighted by molar-refractivity contribution is 7.88. The molecule has 3 heterocycles. The minimum atomic E-state index is -4.71. The third-order valence-corrected chi connectivity index (χ3v) is 9.78. The smallest absolute Gasteiger partial charge is 0.390 e. The van der Waals surface area contributed by atoms with Gasteiger partial charge in [-0.1, -0.05) is 13.0 Å². The standard InChI is InChI=1S/C31H37F4N5O4S/c1-20-9-12-38(13-10-20)17-25(41)18-40-28-11-14-39(45(2,43)44)19-26(28)29(37-40)22-5-8-27(31(33,34)35)23(15-22)16-36-30(42)21-3-6-24(32)7-4-21/h3-8,15,20,25,41H,9-14,16-19H2,1-2H3,(H,36,42). The van der Waals surface area contributed by atoms with Crippen LogP contribution in [0.25, 0.3) is 11.3 Å². The van der Waals surface area contributed by atoms with Crippen LogP contribution in [0.15, 0.2) is 42.5 Å². The molecule has 5 rings (SSSR count). The molecule has 0 spiro atoms. The highest BCUT2D eigenvalue weighted by Crippen LogP contribution is 2.37. The van der Waals surface area contributed by atoms with E-state index in [0.29, 0.717) is 35.7 Å². The summed E-state index contributed by atoms with van der Waals surface area (Å²) >= 11 is 0. The van der Waals surface area contributed by atoms with Crippen LogP contribution >= 0.6 is 0 Å². The quantitative estimate of drug-likeness (QED) is 0.339. The lowest BCUT2D eigenvalue weighted by molar-refractivity contribution is -0.138. The van der Waals surface area contributed by atoms with E-state index in [2.05, 4.69) is 17.1 Å². The molecule has 2 aliphatic rings. The summed E-state index contributed by atoms with van der Waals surface area (Å²) in [5.41, 5.74) is 0.856. The third-order valence-electron chi connectivity index (χ3n) is 8.53.